The Hall–Kier alpha value is -3.78. The van der Waals surface area contributed by atoms with Crippen LogP contribution >= 0.6 is 11.6 Å². The van der Waals surface area contributed by atoms with Gasteiger partial charge in [0, 0.05) is 30.2 Å². The van der Waals surface area contributed by atoms with Gasteiger partial charge in [0.25, 0.3) is 0 Å². The molecular formula is C26H22ClF2N4O2+. The van der Waals surface area contributed by atoms with Gasteiger partial charge in [-0.15, -0.1) is 0 Å². The molecule has 9 heteroatoms. The van der Waals surface area contributed by atoms with E-state index < -0.39 is 23.7 Å². The lowest BCUT2D eigenvalue weighted by Crippen LogP contribution is -2.55. The average Bonchev–Trinajstić information content (AvgIpc) is 3.25. The molecule has 6 nitrogen and oxygen atoms in total. The number of nitrogens with zero attached hydrogens (tertiary/aromatic N) is 3. The van der Waals surface area contributed by atoms with E-state index in [4.69, 9.17) is 11.6 Å². The number of piperazine rings is 1. The smallest absolute Gasteiger partial charge is 0.353 e. The Labute approximate surface area is 206 Å². The number of benzene rings is 3. The minimum Gasteiger partial charge on any atom is -0.353 e. The highest BCUT2D eigenvalue weighted by Crippen LogP contribution is 2.42. The van der Waals surface area contributed by atoms with Crippen LogP contribution in [0.2, 0.25) is 5.02 Å². The number of urea groups is 1. The van der Waals surface area contributed by atoms with Gasteiger partial charge >= 0.3 is 6.03 Å². The molecule has 3 aromatic rings. The molecule has 1 N–H and O–H groups in total. The molecule has 1 fully saturated rings. The first kappa shape index (κ1) is 23.0. The van der Waals surface area contributed by atoms with Crippen LogP contribution < -0.4 is 5.32 Å². The topological polar surface area (TPSA) is 55.7 Å². The van der Waals surface area contributed by atoms with Gasteiger partial charge in [-0.3, -0.25) is 4.79 Å². The Balaban J connectivity index is 1.66. The molecular weight excluding hydrogens is 474 g/mol. The zero-order valence-electron chi connectivity index (χ0n) is 18.6. The van der Waals surface area contributed by atoms with Crippen LogP contribution in [0.1, 0.15) is 23.1 Å². The second-order valence-electron chi connectivity index (χ2n) is 8.45. The van der Waals surface area contributed by atoms with E-state index in [1.165, 1.54) is 34.2 Å². The van der Waals surface area contributed by atoms with Crippen LogP contribution in [0.5, 0.6) is 0 Å². The molecule has 0 aliphatic carbocycles. The van der Waals surface area contributed by atoms with Crippen LogP contribution in [0.3, 0.4) is 0 Å². The summed E-state index contributed by atoms with van der Waals surface area (Å²) >= 11 is 6.11. The lowest BCUT2D eigenvalue weighted by Gasteiger charge is -2.32. The maximum Gasteiger partial charge on any atom is 0.374 e. The van der Waals surface area contributed by atoms with Gasteiger partial charge in [0.2, 0.25) is 11.6 Å². The third kappa shape index (κ3) is 4.61. The molecule has 2 heterocycles. The number of hydrogen-bond donors (Lipinski definition) is 1. The summed E-state index contributed by atoms with van der Waals surface area (Å²) in [6.45, 7) is 0.581. The van der Waals surface area contributed by atoms with Crippen LogP contribution in [0.4, 0.5) is 19.3 Å². The summed E-state index contributed by atoms with van der Waals surface area (Å²) in [5.41, 5.74) is 2.00. The maximum absolute atomic E-state index is 14.4. The van der Waals surface area contributed by atoms with Crippen molar-refractivity contribution in [3.63, 3.8) is 0 Å². The number of hydrazone groups is 1. The Morgan fingerprint density at radius 1 is 0.971 bits per heavy atom. The van der Waals surface area contributed by atoms with Crippen LogP contribution in [0.25, 0.3) is 0 Å². The average molecular weight is 496 g/mol. The van der Waals surface area contributed by atoms with Crippen LogP contribution in [0.15, 0.2) is 72.8 Å². The summed E-state index contributed by atoms with van der Waals surface area (Å²) in [5.74, 6) is -1.46. The summed E-state index contributed by atoms with van der Waals surface area (Å²) < 4.78 is 29.7. The van der Waals surface area contributed by atoms with Crippen molar-refractivity contribution in [3.8, 4) is 0 Å². The molecule has 0 aromatic heterocycles. The number of halogens is 3. The van der Waals surface area contributed by atoms with Gasteiger partial charge in [-0.25, -0.2) is 13.6 Å². The van der Waals surface area contributed by atoms with Crippen LogP contribution in [-0.2, 0) is 4.79 Å². The Morgan fingerprint density at radius 2 is 1.71 bits per heavy atom. The van der Waals surface area contributed by atoms with Crippen molar-refractivity contribution in [1.29, 1.82) is 0 Å². The number of rotatable bonds is 3. The lowest BCUT2D eigenvalue weighted by molar-refractivity contribution is -0.596. The number of carbonyl (C=O) groups excluding carboxylic acids is 2. The third-order valence-corrected chi connectivity index (χ3v) is 6.43. The monoisotopic (exact) mass is 495 g/mol. The van der Waals surface area contributed by atoms with E-state index in [-0.39, 0.29) is 18.4 Å². The first-order valence-corrected chi connectivity index (χ1v) is 11.5. The number of carbonyl (C=O) groups is 2. The molecule has 0 bridgehead atoms. The van der Waals surface area contributed by atoms with Gasteiger partial charge in [-0.2, -0.15) is 0 Å². The van der Waals surface area contributed by atoms with Gasteiger partial charge in [0.15, 0.2) is 6.21 Å². The van der Waals surface area contributed by atoms with Gasteiger partial charge in [0.1, 0.15) is 24.2 Å². The molecule has 178 valence electrons. The molecule has 2 atom stereocenters. The summed E-state index contributed by atoms with van der Waals surface area (Å²) in [4.78, 5) is 27.4. The quantitative estimate of drug-likeness (QED) is 0.538. The molecule has 3 amide bonds. The molecule has 2 unspecified atom stereocenters. The fraction of sp³-hybridized carbons (Fsp3) is 0.192. The number of amides is 3. The van der Waals surface area contributed by atoms with Gasteiger partial charge in [-0.05, 0) is 47.5 Å². The van der Waals surface area contributed by atoms with Crippen molar-refractivity contribution >= 4 is 35.4 Å². The SMILES string of the molecule is O=C1CN(C(=O)N2C(c3cccc(F)c3)C(c3ccc(Cl)cc3)C=[N+]2c2ccc(F)cc2)CCN1. The Bertz CT molecular complexity index is 1300. The van der Waals surface area contributed by atoms with E-state index in [9.17, 15) is 18.4 Å². The number of hydrazine groups is 1. The van der Waals surface area contributed by atoms with Gasteiger partial charge in [-0.1, -0.05) is 45.6 Å². The highest BCUT2D eigenvalue weighted by atomic mass is 35.5. The second kappa shape index (κ2) is 9.46. The van der Waals surface area contributed by atoms with Crippen LogP contribution in [-0.4, -0.2) is 52.4 Å². The third-order valence-electron chi connectivity index (χ3n) is 6.18. The van der Waals surface area contributed by atoms with E-state index >= 15 is 0 Å². The number of hydrogen-bond acceptors (Lipinski definition) is 2. The summed E-state index contributed by atoms with van der Waals surface area (Å²) in [7, 11) is 0. The molecule has 0 saturated carbocycles. The predicted octanol–water partition coefficient (Wildman–Crippen LogP) is 4.64. The molecule has 2 aliphatic heterocycles. The predicted molar refractivity (Wildman–Crippen MR) is 128 cm³/mol. The second-order valence-corrected chi connectivity index (χ2v) is 8.88. The molecule has 5 rings (SSSR count). The van der Waals surface area contributed by atoms with Gasteiger partial charge in [0.05, 0.1) is 5.92 Å². The largest absolute Gasteiger partial charge is 0.374 e. The van der Waals surface area contributed by atoms with Crippen molar-refractivity contribution in [2.75, 3.05) is 19.6 Å². The standard InChI is InChI=1S/C26H21ClF2N4O2/c27-19-6-4-17(5-7-19)23-15-32(22-10-8-20(28)9-11-22)33(25(23)18-2-1-3-21(29)14-18)26(35)31-13-12-30-24(34)16-31/h1-11,14-15,23,25H,12-13,16H2/p+1. The van der Waals surface area contributed by atoms with E-state index in [0.29, 0.717) is 29.4 Å². The van der Waals surface area contributed by atoms with E-state index in [2.05, 4.69) is 5.32 Å². The maximum atomic E-state index is 14.4. The van der Waals surface area contributed by atoms with E-state index in [1.54, 1.807) is 41.1 Å². The summed E-state index contributed by atoms with van der Waals surface area (Å²) in [5, 5.41) is 4.80. The van der Waals surface area contributed by atoms with Crippen molar-refractivity contribution in [2.45, 2.75) is 12.0 Å². The highest BCUT2D eigenvalue weighted by molar-refractivity contribution is 6.30. The summed E-state index contributed by atoms with van der Waals surface area (Å²) in [6, 6.07) is 18.1. The molecule has 3 aromatic carbocycles. The fourth-order valence-electron chi connectivity index (χ4n) is 4.55. The molecule has 0 radical (unpaired) electrons. The normalized spacial score (nSPS) is 20.0. The molecule has 1 saturated heterocycles. The minimum atomic E-state index is -0.630. The first-order valence-electron chi connectivity index (χ1n) is 11.2. The minimum absolute atomic E-state index is 0.0892. The van der Waals surface area contributed by atoms with Crippen molar-refractivity contribution in [1.82, 2.24) is 15.2 Å². The molecule has 0 spiro atoms. The fourth-order valence-corrected chi connectivity index (χ4v) is 4.67. The Morgan fingerprint density at radius 3 is 2.40 bits per heavy atom. The highest BCUT2D eigenvalue weighted by Gasteiger charge is 2.49. The summed E-state index contributed by atoms with van der Waals surface area (Å²) in [6.07, 6.45) is 1.86. The first-order chi connectivity index (χ1) is 16.9. The van der Waals surface area contributed by atoms with Gasteiger partial charge < -0.3 is 10.2 Å². The molecule has 35 heavy (non-hydrogen) atoms. The lowest BCUT2D eigenvalue weighted by atomic mass is 9.88. The Kier molecular flexibility index (Phi) is 6.21. The van der Waals surface area contributed by atoms with E-state index in [0.717, 1.165) is 5.56 Å². The zero-order chi connectivity index (χ0) is 24.5. The molecule has 2 aliphatic rings. The van der Waals surface area contributed by atoms with E-state index in [1.807, 2.05) is 18.3 Å². The zero-order valence-corrected chi connectivity index (χ0v) is 19.3. The van der Waals surface area contributed by atoms with Crippen LogP contribution in [0, 0.1) is 11.6 Å². The van der Waals surface area contributed by atoms with Crippen molar-refractivity contribution in [2.24, 2.45) is 0 Å². The number of nitrogens with one attached hydrogen (secondary N) is 1. The van der Waals surface area contributed by atoms with Crippen molar-refractivity contribution < 1.29 is 23.1 Å². The van der Waals surface area contributed by atoms with Crippen molar-refractivity contribution in [3.05, 3.63) is 101 Å².